The van der Waals surface area contributed by atoms with Crippen molar-refractivity contribution in [2.24, 2.45) is 33.7 Å². The van der Waals surface area contributed by atoms with Crippen LogP contribution >= 0.6 is 0 Å². The second-order valence-corrected chi connectivity index (χ2v) is 12.3. The molecule has 2 heterocycles. The quantitative estimate of drug-likeness (QED) is 0.345. The number of benzene rings is 1. The van der Waals surface area contributed by atoms with Gasteiger partial charge in [-0.15, -0.1) is 0 Å². The molecule has 1 N–H and O–H groups in total. The molecule has 1 atom stereocenters. The smallest absolute Gasteiger partial charge is 0.310 e. The number of hydrogen-bond donors (Lipinski definition) is 1. The monoisotopic (exact) mass is 543 g/mol. The Morgan fingerprint density at radius 2 is 1.77 bits per heavy atom. The molecule has 1 amide bonds. The maximum atomic E-state index is 12.2. The Hall–Kier alpha value is -3.02. The van der Waals surface area contributed by atoms with E-state index in [1.54, 1.807) is 4.90 Å². The number of nitrogens with zero attached hydrogens (tertiary/aromatic N) is 3. The zero-order chi connectivity index (χ0) is 27.9. The summed E-state index contributed by atoms with van der Waals surface area (Å²) in [5.74, 6) is 2.37. The molecule has 2 aliphatic carbocycles. The van der Waals surface area contributed by atoms with Crippen LogP contribution in [-0.4, -0.2) is 47.0 Å². The topological polar surface area (TPSA) is 82.3 Å². The van der Waals surface area contributed by atoms with Crippen molar-refractivity contribution in [3.8, 4) is 0 Å². The highest BCUT2D eigenvalue weighted by Gasteiger charge is 2.35. The van der Waals surface area contributed by atoms with E-state index >= 15 is 0 Å². The molecule has 1 unspecified atom stereocenters. The number of carbonyl (C=O) groups excluding carboxylic acids is 1. The van der Waals surface area contributed by atoms with Gasteiger partial charge in [0.25, 0.3) is 0 Å². The van der Waals surface area contributed by atoms with Crippen LogP contribution in [0.15, 0.2) is 57.7 Å². The van der Waals surface area contributed by atoms with Crippen LogP contribution in [0.3, 0.4) is 0 Å². The van der Waals surface area contributed by atoms with Crippen molar-refractivity contribution in [2.75, 3.05) is 13.1 Å². The van der Waals surface area contributed by atoms with Crippen LogP contribution in [-0.2, 0) is 16.0 Å². The Morgan fingerprint density at radius 3 is 2.45 bits per heavy atom. The molecule has 0 aromatic heterocycles. The minimum atomic E-state index is -0.812. The number of aliphatic imine (C=N–C) groups is 2. The van der Waals surface area contributed by atoms with Crippen molar-refractivity contribution in [3.63, 3.8) is 0 Å². The largest absolute Gasteiger partial charge is 0.481 e. The van der Waals surface area contributed by atoms with Gasteiger partial charge in [0.05, 0.1) is 5.92 Å². The first-order chi connectivity index (χ1) is 19.5. The van der Waals surface area contributed by atoms with E-state index < -0.39 is 11.9 Å². The molecular formula is C34H45N3O3. The van der Waals surface area contributed by atoms with Crippen LogP contribution in [0.5, 0.6) is 0 Å². The molecule has 0 bridgehead atoms. The van der Waals surface area contributed by atoms with Gasteiger partial charge in [0.2, 0.25) is 5.91 Å². The Kier molecular flexibility index (Phi) is 9.66. The summed E-state index contributed by atoms with van der Waals surface area (Å²) in [6, 6.07) is 8.32. The number of rotatable bonds is 10. The maximum Gasteiger partial charge on any atom is 0.310 e. The van der Waals surface area contributed by atoms with Crippen molar-refractivity contribution in [1.82, 2.24) is 4.90 Å². The van der Waals surface area contributed by atoms with E-state index in [2.05, 4.69) is 42.3 Å². The minimum absolute atomic E-state index is 0.0528. The Labute approximate surface area is 239 Å². The van der Waals surface area contributed by atoms with Crippen molar-refractivity contribution in [3.05, 3.63) is 58.8 Å². The lowest BCUT2D eigenvalue weighted by atomic mass is 9.70. The molecule has 5 rings (SSSR count). The van der Waals surface area contributed by atoms with Crippen molar-refractivity contribution < 1.29 is 14.7 Å². The molecule has 6 nitrogen and oxygen atoms in total. The summed E-state index contributed by atoms with van der Waals surface area (Å²) in [7, 11) is 0. The standard InChI is InChI=1S/C34H45N3O3/c1-2-4-24-7-11-26(12-8-24)27-15-17-28(18-16-27)30-19-20-35-33(36-21-30)29-13-9-25(10-14-29)5-3-6-32(38)37-22-31(23-37)34(39)40/h9-10,13-14,17,20-21,24,26-27,31H,2-8,11-12,15-16,18-19,22-23H2,1H3,(H,39,40). The number of carboxylic acid groups (broad SMARTS) is 1. The molecular weight excluding hydrogens is 498 g/mol. The third-order valence-corrected chi connectivity index (χ3v) is 9.64. The van der Waals surface area contributed by atoms with E-state index in [-0.39, 0.29) is 5.91 Å². The Balaban J connectivity index is 1.09. The number of hydrogen-bond acceptors (Lipinski definition) is 4. The third kappa shape index (κ3) is 7.18. The summed E-state index contributed by atoms with van der Waals surface area (Å²) >= 11 is 0. The minimum Gasteiger partial charge on any atom is -0.481 e. The van der Waals surface area contributed by atoms with E-state index in [4.69, 9.17) is 10.1 Å². The normalized spacial score (nSPS) is 25.4. The first kappa shape index (κ1) is 28.5. The SMILES string of the molecule is CCCC1CCC(C2CC=C(C3=CN=C(c4ccc(CCCC(=O)N5CC(C(=O)O)C5)cc4)N=CC3)CC2)CC1. The zero-order valence-electron chi connectivity index (χ0n) is 24.1. The summed E-state index contributed by atoms with van der Waals surface area (Å²) in [5, 5.41) is 8.97. The number of likely N-dealkylation sites (tertiary alicyclic amines) is 1. The number of carbonyl (C=O) groups is 2. The summed E-state index contributed by atoms with van der Waals surface area (Å²) in [6.07, 6.45) is 21.6. The summed E-state index contributed by atoms with van der Waals surface area (Å²) < 4.78 is 0. The molecule has 2 aliphatic heterocycles. The lowest BCUT2D eigenvalue weighted by Crippen LogP contribution is -2.52. The van der Waals surface area contributed by atoms with Gasteiger partial charge in [0.15, 0.2) is 5.84 Å². The Bertz CT molecular complexity index is 1170. The van der Waals surface area contributed by atoms with Crippen LogP contribution in [0.1, 0.15) is 95.1 Å². The maximum absolute atomic E-state index is 12.2. The first-order valence-corrected chi connectivity index (χ1v) is 15.6. The van der Waals surface area contributed by atoms with Crippen molar-refractivity contribution in [2.45, 2.75) is 90.4 Å². The van der Waals surface area contributed by atoms with E-state index in [1.807, 2.05) is 12.4 Å². The van der Waals surface area contributed by atoms with Crippen LogP contribution in [0.4, 0.5) is 0 Å². The Morgan fingerprint density at radius 1 is 1.00 bits per heavy atom. The van der Waals surface area contributed by atoms with Gasteiger partial charge in [0.1, 0.15) is 0 Å². The fourth-order valence-corrected chi connectivity index (χ4v) is 7.01. The van der Waals surface area contributed by atoms with Gasteiger partial charge >= 0.3 is 5.97 Å². The highest BCUT2D eigenvalue weighted by molar-refractivity contribution is 6.04. The van der Waals surface area contributed by atoms with Gasteiger partial charge in [0, 0.05) is 43.9 Å². The molecule has 4 aliphatic rings. The molecule has 214 valence electrons. The van der Waals surface area contributed by atoms with Gasteiger partial charge in [-0.2, -0.15) is 0 Å². The van der Waals surface area contributed by atoms with Crippen LogP contribution in [0.25, 0.3) is 0 Å². The number of carboxylic acids is 1. The number of allylic oxidation sites excluding steroid dienone is 3. The fourth-order valence-electron chi connectivity index (χ4n) is 7.01. The van der Waals surface area contributed by atoms with Crippen LogP contribution in [0, 0.1) is 23.7 Å². The first-order valence-electron chi connectivity index (χ1n) is 15.6. The summed E-state index contributed by atoms with van der Waals surface area (Å²) in [5.41, 5.74) is 4.96. The number of amides is 1. The molecule has 6 heteroatoms. The average Bonchev–Trinajstić information content (AvgIpc) is 3.20. The molecule has 1 saturated carbocycles. The summed E-state index contributed by atoms with van der Waals surface area (Å²) in [6.45, 7) is 3.01. The average molecular weight is 544 g/mol. The van der Waals surface area contributed by atoms with Gasteiger partial charge in [-0.25, -0.2) is 9.98 Å². The molecule has 1 aromatic rings. The number of aryl methyl sites for hydroxylation is 1. The van der Waals surface area contributed by atoms with Crippen LogP contribution in [0.2, 0.25) is 0 Å². The second-order valence-electron chi connectivity index (χ2n) is 12.3. The predicted octanol–water partition coefficient (Wildman–Crippen LogP) is 6.99. The van der Waals surface area contributed by atoms with Crippen molar-refractivity contribution in [1.29, 1.82) is 0 Å². The third-order valence-electron chi connectivity index (χ3n) is 9.64. The predicted molar refractivity (Wildman–Crippen MR) is 161 cm³/mol. The second kappa shape index (κ2) is 13.6. The van der Waals surface area contributed by atoms with E-state index in [1.165, 1.54) is 74.5 Å². The van der Waals surface area contributed by atoms with Crippen molar-refractivity contribution >= 4 is 23.9 Å². The highest BCUT2D eigenvalue weighted by atomic mass is 16.4. The number of amidine groups is 1. The highest BCUT2D eigenvalue weighted by Crippen LogP contribution is 2.41. The molecule has 0 spiro atoms. The molecule has 2 fully saturated rings. The fraction of sp³-hybridized carbons (Fsp3) is 0.588. The van der Waals surface area contributed by atoms with E-state index in [9.17, 15) is 9.59 Å². The molecule has 1 saturated heterocycles. The van der Waals surface area contributed by atoms with Gasteiger partial charge in [-0.1, -0.05) is 62.9 Å². The van der Waals surface area contributed by atoms with Crippen LogP contribution < -0.4 is 0 Å². The molecule has 40 heavy (non-hydrogen) atoms. The molecule has 0 radical (unpaired) electrons. The lowest BCUT2D eigenvalue weighted by Gasteiger charge is -2.36. The number of aliphatic carboxylic acids is 1. The molecule has 1 aromatic carbocycles. The van der Waals surface area contributed by atoms with Gasteiger partial charge in [-0.05, 0) is 79.4 Å². The summed E-state index contributed by atoms with van der Waals surface area (Å²) in [4.78, 5) is 34.2. The van der Waals surface area contributed by atoms with E-state index in [0.717, 1.165) is 48.4 Å². The van der Waals surface area contributed by atoms with E-state index in [0.29, 0.717) is 19.5 Å². The van der Waals surface area contributed by atoms with Gasteiger partial charge < -0.3 is 10.0 Å². The lowest BCUT2D eigenvalue weighted by molar-refractivity contribution is -0.152. The zero-order valence-corrected chi connectivity index (χ0v) is 24.1. The van der Waals surface area contributed by atoms with Gasteiger partial charge in [-0.3, -0.25) is 9.59 Å².